The van der Waals surface area contributed by atoms with Crippen molar-refractivity contribution in [2.24, 2.45) is 0 Å². The van der Waals surface area contributed by atoms with Gasteiger partial charge in [0.1, 0.15) is 17.3 Å². The Balaban J connectivity index is 1.59. The fourth-order valence-corrected chi connectivity index (χ4v) is 3.46. The van der Waals surface area contributed by atoms with Gasteiger partial charge in [-0.15, -0.1) is 0 Å². The number of hydrogen-bond donors (Lipinski definition) is 1. The lowest BCUT2D eigenvalue weighted by Crippen LogP contribution is -2.47. The molecule has 1 aliphatic rings. The molecule has 0 radical (unpaired) electrons. The second-order valence-corrected chi connectivity index (χ2v) is 7.15. The van der Waals surface area contributed by atoms with Gasteiger partial charge in [-0.3, -0.25) is 9.67 Å². The van der Waals surface area contributed by atoms with Crippen molar-refractivity contribution in [3.8, 4) is 11.1 Å². The predicted octanol–water partition coefficient (Wildman–Crippen LogP) is 4.68. The van der Waals surface area contributed by atoms with Crippen molar-refractivity contribution in [1.29, 1.82) is 0 Å². The predicted molar refractivity (Wildman–Crippen MR) is 101 cm³/mol. The van der Waals surface area contributed by atoms with Crippen molar-refractivity contribution >= 4 is 11.7 Å². The van der Waals surface area contributed by atoms with Crippen molar-refractivity contribution in [2.75, 3.05) is 5.32 Å². The number of hydrogen-bond acceptors (Lipinski definition) is 3. The molecule has 31 heavy (non-hydrogen) atoms. The molecule has 0 spiro atoms. The Labute approximate surface area is 173 Å². The number of pyridine rings is 1. The quantitative estimate of drug-likeness (QED) is 0.593. The molecule has 1 atom stereocenters. The van der Waals surface area contributed by atoms with Gasteiger partial charge in [0.05, 0.1) is 31.0 Å². The van der Waals surface area contributed by atoms with Crippen molar-refractivity contribution in [1.82, 2.24) is 19.7 Å². The summed E-state index contributed by atoms with van der Waals surface area (Å²) in [6.45, 7) is 2.10. The Morgan fingerprint density at radius 2 is 1.94 bits per heavy atom. The third-order valence-corrected chi connectivity index (χ3v) is 5.02. The van der Waals surface area contributed by atoms with E-state index in [0.29, 0.717) is 17.8 Å². The molecule has 1 N–H and O–H groups in total. The summed E-state index contributed by atoms with van der Waals surface area (Å²) < 4.78 is 67.8. The molecule has 162 valence electrons. The number of urea groups is 1. The number of anilines is 1. The molecule has 0 aliphatic carbocycles. The Morgan fingerprint density at radius 3 is 2.65 bits per heavy atom. The van der Waals surface area contributed by atoms with E-state index in [2.05, 4.69) is 15.4 Å². The Kier molecular flexibility index (Phi) is 5.11. The Hall–Kier alpha value is -3.50. The molecular formula is C20H16F5N5O. The zero-order valence-corrected chi connectivity index (χ0v) is 16.1. The molecule has 6 nitrogen and oxygen atoms in total. The summed E-state index contributed by atoms with van der Waals surface area (Å²) in [5.74, 6) is -1.48. The summed E-state index contributed by atoms with van der Waals surface area (Å²) in [6, 6.07) is 4.23. The van der Waals surface area contributed by atoms with Crippen LogP contribution in [0.15, 0.2) is 42.7 Å². The first-order valence-electron chi connectivity index (χ1n) is 9.24. The highest BCUT2D eigenvalue weighted by Gasteiger charge is 2.33. The van der Waals surface area contributed by atoms with Crippen LogP contribution in [0.2, 0.25) is 0 Å². The number of fused-ring (bicyclic) bond motifs is 1. The number of carbonyl (C=O) groups is 1. The lowest BCUT2D eigenvalue weighted by Gasteiger charge is -2.34. The maximum absolute atomic E-state index is 14.3. The summed E-state index contributed by atoms with van der Waals surface area (Å²) in [5.41, 5.74) is -0.0935. The zero-order chi connectivity index (χ0) is 22.3. The van der Waals surface area contributed by atoms with Crippen LogP contribution in [0, 0.1) is 11.6 Å². The van der Waals surface area contributed by atoms with Crippen LogP contribution in [-0.2, 0) is 19.3 Å². The molecule has 0 fully saturated rings. The fraction of sp³-hybridized carbons (Fsp3) is 0.250. The molecule has 1 aliphatic heterocycles. The molecule has 0 bridgehead atoms. The van der Waals surface area contributed by atoms with E-state index in [4.69, 9.17) is 0 Å². The highest BCUT2D eigenvalue weighted by atomic mass is 19.4. The van der Waals surface area contributed by atoms with E-state index < -0.39 is 29.5 Å². The van der Waals surface area contributed by atoms with Crippen LogP contribution >= 0.6 is 0 Å². The number of carbonyl (C=O) groups excluding carboxylic acids is 1. The van der Waals surface area contributed by atoms with Crippen LogP contribution in [-0.4, -0.2) is 31.7 Å². The van der Waals surface area contributed by atoms with Crippen molar-refractivity contribution in [3.63, 3.8) is 0 Å². The van der Waals surface area contributed by atoms with Gasteiger partial charge in [0.15, 0.2) is 0 Å². The van der Waals surface area contributed by atoms with Crippen LogP contribution in [0.1, 0.15) is 18.3 Å². The molecule has 2 amide bonds. The molecular weight excluding hydrogens is 421 g/mol. The second kappa shape index (κ2) is 7.64. The van der Waals surface area contributed by atoms with E-state index >= 15 is 0 Å². The molecule has 3 heterocycles. The van der Waals surface area contributed by atoms with E-state index in [9.17, 15) is 26.7 Å². The lowest BCUT2D eigenvalue weighted by molar-refractivity contribution is -0.141. The first-order valence-corrected chi connectivity index (χ1v) is 9.24. The fourth-order valence-electron chi connectivity index (χ4n) is 3.46. The number of alkyl halides is 3. The molecule has 3 aromatic rings. The van der Waals surface area contributed by atoms with E-state index in [0.717, 1.165) is 24.4 Å². The van der Waals surface area contributed by atoms with E-state index in [1.54, 1.807) is 11.6 Å². The number of benzene rings is 1. The summed E-state index contributed by atoms with van der Waals surface area (Å²) in [4.78, 5) is 17.5. The van der Waals surface area contributed by atoms with Crippen LogP contribution in [0.4, 0.5) is 32.4 Å². The number of nitrogens with one attached hydrogen (secondary N) is 1. The molecule has 0 saturated heterocycles. The van der Waals surface area contributed by atoms with E-state index in [1.807, 2.05) is 0 Å². The largest absolute Gasteiger partial charge is 0.433 e. The van der Waals surface area contributed by atoms with Gasteiger partial charge >= 0.3 is 12.2 Å². The molecule has 0 saturated carbocycles. The van der Waals surface area contributed by atoms with Crippen molar-refractivity contribution in [2.45, 2.75) is 32.2 Å². The van der Waals surface area contributed by atoms with Crippen molar-refractivity contribution < 1.29 is 26.7 Å². The third-order valence-electron chi connectivity index (χ3n) is 5.02. The standard InChI is InChI=1S/C20H16F5N5O/c1-11-9-30-17(15(8-27-30)14-3-2-12(21)6-16(14)22)10-29(11)19(31)28-13-4-5-26-18(7-13)20(23,24)25/h2-8,11H,9-10H2,1H3,(H,26,28,31). The molecule has 4 rings (SSSR count). The number of halogens is 5. The first kappa shape index (κ1) is 20.8. The van der Waals surface area contributed by atoms with E-state index in [-0.39, 0.29) is 23.8 Å². The maximum atomic E-state index is 14.3. The molecule has 2 aromatic heterocycles. The Morgan fingerprint density at radius 1 is 1.16 bits per heavy atom. The van der Waals surface area contributed by atoms with Gasteiger partial charge in [0.2, 0.25) is 0 Å². The highest BCUT2D eigenvalue weighted by Crippen LogP contribution is 2.32. The van der Waals surface area contributed by atoms with Gasteiger partial charge in [-0.05, 0) is 31.2 Å². The number of aromatic nitrogens is 3. The van der Waals surface area contributed by atoms with Crippen molar-refractivity contribution in [3.05, 3.63) is 65.7 Å². The van der Waals surface area contributed by atoms with Crippen LogP contribution in [0.5, 0.6) is 0 Å². The summed E-state index contributed by atoms with van der Waals surface area (Å²) in [5, 5.41) is 6.68. The number of nitrogens with zero attached hydrogens (tertiary/aromatic N) is 4. The van der Waals surface area contributed by atoms with Gasteiger partial charge in [-0.1, -0.05) is 0 Å². The smallest absolute Gasteiger partial charge is 0.314 e. The molecule has 11 heteroatoms. The SMILES string of the molecule is CC1Cn2ncc(-c3ccc(F)cc3F)c2CN1C(=O)Nc1ccnc(C(F)(F)F)c1. The normalized spacial score (nSPS) is 16.2. The summed E-state index contributed by atoms with van der Waals surface area (Å²) in [7, 11) is 0. The van der Waals surface area contributed by atoms with Gasteiger partial charge < -0.3 is 10.2 Å². The van der Waals surface area contributed by atoms with Gasteiger partial charge in [0, 0.05) is 29.1 Å². The maximum Gasteiger partial charge on any atom is 0.433 e. The first-order chi connectivity index (χ1) is 14.6. The van der Waals surface area contributed by atoms with Crippen LogP contribution < -0.4 is 5.32 Å². The van der Waals surface area contributed by atoms with Crippen LogP contribution in [0.3, 0.4) is 0 Å². The molecule has 1 unspecified atom stereocenters. The van der Waals surface area contributed by atoms with Crippen LogP contribution in [0.25, 0.3) is 11.1 Å². The van der Waals surface area contributed by atoms with Gasteiger partial charge in [0.25, 0.3) is 0 Å². The highest BCUT2D eigenvalue weighted by molar-refractivity contribution is 5.89. The minimum Gasteiger partial charge on any atom is -0.314 e. The lowest BCUT2D eigenvalue weighted by atomic mass is 10.0. The topological polar surface area (TPSA) is 63.1 Å². The number of rotatable bonds is 2. The third kappa shape index (κ3) is 4.07. The second-order valence-electron chi connectivity index (χ2n) is 7.15. The minimum atomic E-state index is -4.64. The van der Waals surface area contributed by atoms with Gasteiger partial charge in [-0.2, -0.15) is 18.3 Å². The average Bonchev–Trinajstić information content (AvgIpc) is 3.09. The average molecular weight is 437 g/mol. The molecule has 1 aromatic carbocycles. The zero-order valence-electron chi connectivity index (χ0n) is 16.1. The number of amides is 2. The summed E-state index contributed by atoms with van der Waals surface area (Å²) in [6.07, 6.45) is -2.24. The van der Waals surface area contributed by atoms with E-state index in [1.165, 1.54) is 23.2 Å². The minimum absolute atomic E-state index is 0.0381. The monoisotopic (exact) mass is 437 g/mol. The summed E-state index contributed by atoms with van der Waals surface area (Å²) >= 11 is 0. The Bertz CT molecular complexity index is 1140. The van der Waals surface area contributed by atoms with Gasteiger partial charge in [-0.25, -0.2) is 13.6 Å².